The van der Waals surface area contributed by atoms with Gasteiger partial charge in [0, 0.05) is 80.9 Å². The number of imide groups is 2. The van der Waals surface area contributed by atoms with Gasteiger partial charge in [0.1, 0.15) is 6.04 Å². The molecule has 2 saturated heterocycles. The molecule has 0 bridgehead atoms. The molecule has 3 fully saturated rings. The average Bonchev–Trinajstić information content (AvgIpc) is 1.75. The summed E-state index contributed by atoms with van der Waals surface area (Å²) in [7, 11) is 3.78. The molecule has 5 aliphatic rings. The second-order valence-corrected chi connectivity index (χ2v) is 24.4. The standard InChI is InChI=1S/C69H92ClN7O16/c1-48(2)93-61-46-57-51(44-60(61)84-4)45-64(80)76(66(57)50-10-12-52(70)13-11-50)55-18-16-53(17-19-55)73(3)47-49-8-14-54(15-9-49)74-24-26-75(27-25-74)63(79)22-28-85-30-32-87-34-36-89-38-40-91-42-43-92-41-39-90-37-35-88-33-31-86-29-23-71-58-7-5-6-56-65(58)69(83)77(68(56)82)59-20-21-62(78)72-67(59)81/h5-7,10-13,16-19,44,46,48-49,54,59,66,71H,8-9,14-15,20-43,45,47H2,1-4H3,(H,72,78,81)/t49?,54?,59?,66-/m0/s1. The van der Waals surface area contributed by atoms with Crippen molar-refractivity contribution in [3.05, 3.63) is 112 Å². The highest BCUT2D eigenvalue weighted by atomic mass is 35.5. The van der Waals surface area contributed by atoms with Crippen LogP contribution in [0.1, 0.15) is 102 Å². The van der Waals surface area contributed by atoms with Gasteiger partial charge in [-0.1, -0.05) is 29.8 Å². The van der Waals surface area contributed by atoms with E-state index in [0.29, 0.717) is 153 Å². The highest BCUT2D eigenvalue weighted by Gasteiger charge is 2.46. The number of rotatable bonds is 38. The lowest BCUT2D eigenvalue weighted by Crippen LogP contribution is -2.54. The molecule has 0 aromatic heterocycles. The van der Waals surface area contributed by atoms with Gasteiger partial charge in [-0.3, -0.25) is 43.9 Å². The molecule has 4 aromatic carbocycles. The van der Waals surface area contributed by atoms with Crippen LogP contribution in [0.2, 0.25) is 5.02 Å². The van der Waals surface area contributed by atoms with Gasteiger partial charge < -0.3 is 67.4 Å². The molecule has 4 aliphatic heterocycles. The van der Waals surface area contributed by atoms with E-state index in [0.717, 1.165) is 91.4 Å². The van der Waals surface area contributed by atoms with Crippen LogP contribution in [0.15, 0.2) is 78.9 Å². The molecular weight excluding hydrogens is 1220 g/mol. The van der Waals surface area contributed by atoms with Crippen molar-refractivity contribution in [3.63, 3.8) is 0 Å². The molecule has 4 heterocycles. The van der Waals surface area contributed by atoms with Gasteiger partial charge in [-0.25, -0.2) is 0 Å². The summed E-state index contributed by atoms with van der Waals surface area (Å²) in [5, 5.41) is 5.98. The number of hydrogen-bond donors (Lipinski definition) is 2. The fourth-order valence-corrected chi connectivity index (χ4v) is 12.7. The van der Waals surface area contributed by atoms with Gasteiger partial charge in [0.15, 0.2) is 11.5 Å². The van der Waals surface area contributed by atoms with Crippen molar-refractivity contribution in [1.82, 2.24) is 20.0 Å². The lowest BCUT2D eigenvalue weighted by molar-refractivity contribution is -0.136. The molecule has 23 nitrogen and oxygen atoms in total. The van der Waals surface area contributed by atoms with Gasteiger partial charge >= 0.3 is 0 Å². The van der Waals surface area contributed by atoms with Gasteiger partial charge in [0.05, 0.1) is 149 Å². The number of carbonyl (C=O) groups excluding carboxylic acids is 6. The number of anilines is 3. The number of nitrogens with one attached hydrogen (secondary N) is 2. The summed E-state index contributed by atoms with van der Waals surface area (Å²) in [5.74, 6) is -0.204. The lowest BCUT2D eigenvalue weighted by atomic mass is 9.84. The van der Waals surface area contributed by atoms with Crippen molar-refractivity contribution in [2.24, 2.45) is 5.92 Å². The smallest absolute Gasteiger partial charge is 0.264 e. The van der Waals surface area contributed by atoms with Crippen molar-refractivity contribution in [1.29, 1.82) is 0 Å². The van der Waals surface area contributed by atoms with E-state index in [2.05, 4.69) is 51.7 Å². The fraction of sp³-hybridized carbons (Fsp3) is 0.565. The number of piperidine rings is 1. The third kappa shape index (κ3) is 19.9. The van der Waals surface area contributed by atoms with Gasteiger partial charge in [-0.05, 0) is 129 Å². The second-order valence-electron chi connectivity index (χ2n) is 24.0. The molecule has 1 saturated carbocycles. The molecule has 1 aliphatic carbocycles. The molecule has 0 radical (unpaired) electrons. The Morgan fingerprint density at radius 2 is 1.24 bits per heavy atom. The molecule has 24 heteroatoms. The predicted molar refractivity (Wildman–Crippen MR) is 350 cm³/mol. The van der Waals surface area contributed by atoms with Crippen LogP contribution in [0.25, 0.3) is 0 Å². The Hall–Kier alpha value is -6.77. The molecule has 93 heavy (non-hydrogen) atoms. The van der Waals surface area contributed by atoms with E-state index in [-0.39, 0.29) is 54.3 Å². The summed E-state index contributed by atoms with van der Waals surface area (Å²) in [6, 6.07) is 24.1. The van der Waals surface area contributed by atoms with Crippen LogP contribution in [0, 0.1) is 5.92 Å². The number of halogens is 1. The topological polar surface area (TPSA) is 235 Å². The van der Waals surface area contributed by atoms with Crippen molar-refractivity contribution in [2.45, 2.75) is 89.4 Å². The summed E-state index contributed by atoms with van der Waals surface area (Å²) >= 11 is 6.35. The summed E-state index contributed by atoms with van der Waals surface area (Å²) in [5.41, 5.74) is 5.70. The number of ether oxygens (including phenoxy) is 10. The van der Waals surface area contributed by atoms with Crippen LogP contribution >= 0.6 is 11.6 Å². The Labute approximate surface area is 550 Å². The molecule has 0 spiro atoms. The largest absolute Gasteiger partial charge is 0.493 e. The predicted octanol–water partition coefficient (Wildman–Crippen LogP) is 6.99. The first kappa shape index (κ1) is 70.5. The zero-order valence-corrected chi connectivity index (χ0v) is 55.0. The summed E-state index contributed by atoms with van der Waals surface area (Å²) < 4.78 is 56.7. The lowest BCUT2D eigenvalue weighted by Gasteiger charge is -2.42. The van der Waals surface area contributed by atoms with Gasteiger partial charge in [-0.15, -0.1) is 0 Å². The molecular formula is C69H92ClN7O16. The number of hydrogen-bond acceptors (Lipinski definition) is 19. The first-order chi connectivity index (χ1) is 45.3. The molecule has 2 N–H and O–H groups in total. The van der Waals surface area contributed by atoms with Gasteiger partial charge in [0.2, 0.25) is 23.6 Å². The third-order valence-electron chi connectivity index (χ3n) is 17.3. The fourth-order valence-electron chi connectivity index (χ4n) is 12.6. The van der Waals surface area contributed by atoms with Gasteiger partial charge in [0.25, 0.3) is 11.8 Å². The minimum Gasteiger partial charge on any atom is -0.493 e. The highest BCUT2D eigenvalue weighted by Crippen LogP contribution is 2.44. The number of amides is 6. The highest BCUT2D eigenvalue weighted by molar-refractivity contribution is 6.30. The first-order valence-corrected chi connectivity index (χ1v) is 33.1. The van der Waals surface area contributed by atoms with Crippen molar-refractivity contribution >= 4 is 64.1 Å². The first-order valence-electron chi connectivity index (χ1n) is 32.8. The van der Waals surface area contributed by atoms with Crippen LogP contribution in [0.5, 0.6) is 11.5 Å². The van der Waals surface area contributed by atoms with Crippen LogP contribution in [-0.2, 0) is 63.5 Å². The minimum absolute atomic E-state index is 0.00706. The maximum Gasteiger partial charge on any atom is 0.264 e. The van der Waals surface area contributed by atoms with E-state index in [1.165, 1.54) is 0 Å². The van der Waals surface area contributed by atoms with E-state index < -0.39 is 29.7 Å². The summed E-state index contributed by atoms with van der Waals surface area (Å²) in [6.45, 7) is 15.2. The van der Waals surface area contributed by atoms with E-state index in [4.69, 9.17) is 59.0 Å². The quantitative estimate of drug-likeness (QED) is 0.0340. The third-order valence-corrected chi connectivity index (χ3v) is 17.6. The number of methoxy groups -OCH3 is 1. The Morgan fingerprint density at radius 3 is 1.81 bits per heavy atom. The minimum atomic E-state index is -1.02. The van der Waals surface area contributed by atoms with Crippen molar-refractivity contribution in [2.75, 3.05) is 174 Å². The van der Waals surface area contributed by atoms with E-state index >= 15 is 0 Å². The molecule has 4 aromatic rings. The van der Waals surface area contributed by atoms with Crippen LogP contribution in [-0.4, -0.2) is 227 Å². The Morgan fingerprint density at radius 1 is 0.656 bits per heavy atom. The van der Waals surface area contributed by atoms with Crippen LogP contribution in [0.3, 0.4) is 0 Å². The molecule has 2 atom stereocenters. The number of nitrogens with zero attached hydrogens (tertiary/aromatic N) is 5. The Balaban J connectivity index is 0.528. The Kier molecular flexibility index (Phi) is 27.5. The van der Waals surface area contributed by atoms with E-state index in [1.54, 1.807) is 25.3 Å². The SMILES string of the molecule is COc1cc2c(cc1OC(C)C)[C@H](c1ccc(Cl)cc1)N(c1ccc(N(C)CC3CCC(N4CCN(C(=O)CCOCCOCCOCCOCCOCCOCCOCCOCCNc5cccc6c5C(=O)N(C5CCC(=O)NC5=O)C6=O)CC4)CC3)cc1)C(=O)C2. The van der Waals surface area contributed by atoms with Crippen LogP contribution in [0.4, 0.5) is 17.1 Å². The Bertz CT molecular complexity index is 3090. The summed E-state index contributed by atoms with van der Waals surface area (Å²) in [6.07, 6.45) is 5.33. The monoisotopic (exact) mass is 1310 g/mol. The van der Waals surface area contributed by atoms with E-state index in [9.17, 15) is 28.8 Å². The normalized spacial score (nSPS) is 19.3. The molecule has 9 rings (SSSR count). The number of fused-ring (bicyclic) bond motifs is 2. The number of piperazine rings is 1. The zero-order valence-electron chi connectivity index (χ0n) is 54.3. The maximum atomic E-state index is 14.1. The second kappa shape index (κ2) is 36.2. The summed E-state index contributed by atoms with van der Waals surface area (Å²) in [4.78, 5) is 87.2. The van der Waals surface area contributed by atoms with Crippen molar-refractivity contribution in [3.8, 4) is 11.5 Å². The molecule has 1 unspecified atom stereocenters. The van der Waals surface area contributed by atoms with Crippen LogP contribution < -0.4 is 29.9 Å². The van der Waals surface area contributed by atoms with Gasteiger partial charge in [-0.2, -0.15) is 0 Å². The van der Waals surface area contributed by atoms with Crippen molar-refractivity contribution < 1.29 is 76.1 Å². The number of benzene rings is 4. The molecule has 6 amide bonds. The number of carbonyl (C=O) groups is 6. The zero-order chi connectivity index (χ0) is 65.5. The molecule has 506 valence electrons. The van der Waals surface area contributed by atoms with E-state index in [1.807, 2.05) is 60.0 Å². The average molecular weight is 1310 g/mol. The maximum absolute atomic E-state index is 14.1.